The molecule has 12 nitrogen and oxygen atoms in total. The van der Waals surface area contributed by atoms with Crippen LogP contribution in [0.2, 0.25) is 5.02 Å². The Hall–Kier alpha value is -2.76. The lowest BCUT2D eigenvalue weighted by atomic mass is 10.3. The molecule has 0 fully saturated rings. The molecule has 2 unspecified atom stereocenters. The highest BCUT2D eigenvalue weighted by Gasteiger charge is 2.32. The van der Waals surface area contributed by atoms with Crippen molar-refractivity contribution in [2.24, 2.45) is 0 Å². The molecule has 190 valence electrons. The zero-order valence-electron chi connectivity index (χ0n) is 19.7. The van der Waals surface area contributed by atoms with Gasteiger partial charge < -0.3 is 29.6 Å². The van der Waals surface area contributed by atoms with E-state index in [1.807, 2.05) is 13.8 Å². The first-order valence-corrected chi connectivity index (χ1v) is 13.0. The smallest absolute Gasteiger partial charge is 0.342 e. The number of methoxy groups -OCH3 is 1. The predicted molar refractivity (Wildman–Crippen MR) is 132 cm³/mol. The van der Waals surface area contributed by atoms with Gasteiger partial charge in [-0.15, -0.1) is 0 Å². The monoisotopic (exact) mass is 525 g/mol. The largest absolute Gasteiger partial charge is 0.431 e. The van der Waals surface area contributed by atoms with Crippen LogP contribution in [0.15, 0.2) is 36.9 Å². The van der Waals surface area contributed by atoms with Gasteiger partial charge in [-0.1, -0.05) is 11.6 Å². The summed E-state index contributed by atoms with van der Waals surface area (Å²) in [7, 11) is -2.28. The van der Waals surface area contributed by atoms with Crippen LogP contribution in [-0.4, -0.2) is 64.2 Å². The lowest BCUT2D eigenvalue weighted by Crippen LogP contribution is -2.48. The molecule has 0 aliphatic rings. The summed E-state index contributed by atoms with van der Waals surface area (Å²) < 4.78 is 32.2. The fourth-order valence-corrected chi connectivity index (χ4v) is 4.93. The molecular formula is C21H29ClN7O5P. The summed E-state index contributed by atoms with van der Waals surface area (Å²) in [5, 5.41) is 6.09. The van der Waals surface area contributed by atoms with Gasteiger partial charge in [-0.25, -0.2) is 20.0 Å². The van der Waals surface area contributed by atoms with Crippen molar-refractivity contribution in [1.29, 1.82) is 0 Å². The highest BCUT2D eigenvalue weighted by Crippen LogP contribution is 2.44. The van der Waals surface area contributed by atoms with Crippen molar-refractivity contribution in [2.45, 2.75) is 32.5 Å². The number of halogens is 1. The number of anilines is 1. The molecule has 3 aromatic rings. The number of hydrogen-bond donors (Lipinski definition) is 3. The number of hydrogen-bond acceptors (Lipinski definition) is 9. The minimum Gasteiger partial charge on any atom is -0.431 e. The first-order chi connectivity index (χ1) is 16.7. The lowest BCUT2D eigenvalue weighted by Gasteiger charge is -2.26. The number of nitrogens with one attached hydrogen (secondary N) is 2. The number of fused-ring (bicyclic) bond motifs is 1. The molecule has 35 heavy (non-hydrogen) atoms. The van der Waals surface area contributed by atoms with Gasteiger partial charge in [0, 0.05) is 24.7 Å². The SMILES string of the molecule is COCC(NP(=O)(COCCn1cnc2c(N)ncnc21)Oc1ccc(Cl)cc1)C(=O)NC(C)C. The van der Waals surface area contributed by atoms with Crippen molar-refractivity contribution in [1.82, 2.24) is 29.9 Å². The number of imidazole rings is 1. The number of amides is 1. The van der Waals surface area contributed by atoms with Crippen LogP contribution < -0.4 is 20.7 Å². The van der Waals surface area contributed by atoms with Crippen molar-refractivity contribution >= 4 is 42.0 Å². The fraction of sp³-hybridized carbons (Fsp3) is 0.429. The Balaban J connectivity index is 1.71. The summed E-state index contributed by atoms with van der Waals surface area (Å²) in [5.41, 5.74) is 6.87. The molecule has 0 aliphatic carbocycles. The van der Waals surface area contributed by atoms with Gasteiger partial charge in [0.25, 0.3) is 0 Å². The van der Waals surface area contributed by atoms with E-state index in [0.29, 0.717) is 28.5 Å². The number of carbonyl (C=O) groups excluding carboxylic acids is 1. The number of rotatable bonds is 13. The van der Waals surface area contributed by atoms with Gasteiger partial charge in [0.05, 0.1) is 19.5 Å². The number of nitrogens with two attached hydrogens (primary N) is 1. The summed E-state index contributed by atoms with van der Waals surface area (Å²) >= 11 is 5.94. The van der Waals surface area contributed by atoms with Gasteiger partial charge in [-0.2, -0.15) is 0 Å². The summed E-state index contributed by atoms with van der Waals surface area (Å²) in [6, 6.07) is 5.34. The van der Waals surface area contributed by atoms with E-state index in [0.717, 1.165) is 0 Å². The normalized spacial score (nSPS) is 14.1. The first kappa shape index (κ1) is 26.8. The summed E-state index contributed by atoms with van der Waals surface area (Å²) in [6.45, 7) is 4.16. The second-order valence-electron chi connectivity index (χ2n) is 7.93. The molecule has 2 aromatic heterocycles. The number of aromatic nitrogens is 4. The number of nitrogens with zero attached hydrogens (tertiary/aromatic N) is 4. The van der Waals surface area contributed by atoms with E-state index < -0.39 is 13.6 Å². The molecule has 2 atom stereocenters. The molecule has 2 heterocycles. The standard InChI is InChI=1S/C21H29ClN7O5P/c1-14(2)27-21(30)17(10-32-3)28-35(31,34-16-6-4-15(22)5-7-16)13-33-9-8-29-12-26-18-19(23)24-11-25-20(18)29/h4-7,11-12,14,17H,8-10,13H2,1-3H3,(H,27,30)(H,28,31)(H2,23,24,25). The molecule has 4 N–H and O–H groups in total. The average molecular weight is 526 g/mol. The highest BCUT2D eigenvalue weighted by molar-refractivity contribution is 7.57. The second-order valence-corrected chi connectivity index (χ2v) is 10.4. The van der Waals surface area contributed by atoms with Crippen LogP contribution in [0.5, 0.6) is 5.75 Å². The van der Waals surface area contributed by atoms with Crippen molar-refractivity contribution < 1.29 is 23.4 Å². The third kappa shape index (κ3) is 7.61. The maximum Gasteiger partial charge on any atom is 0.342 e. The second kappa shape index (κ2) is 12.3. The quantitative estimate of drug-likeness (QED) is 0.224. The molecule has 3 rings (SSSR count). The Morgan fingerprint density at radius 2 is 1.97 bits per heavy atom. The number of ether oxygens (including phenoxy) is 2. The Labute approximate surface area is 208 Å². The topological polar surface area (TPSA) is 156 Å². The maximum atomic E-state index is 13.8. The average Bonchev–Trinajstić information content (AvgIpc) is 3.22. The van der Waals surface area contributed by atoms with E-state index in [1.54, 1.807) is 35.2 Å². The molecule has 0 bridgehead atoms. The van der Waals surface area contributed by atoms with E-state index in [9.17, 15) is 9.36 Å². The van der Waals surface area contributed by atoms with Gasteiger partial charge in [0.15, 0.2) is 11.5 Å². The Kier molecular flexibility index (Phi) is 9.41. The van der Waals surface area contributed by atoms with Gasteiger partial charge >= 0.3 is 7.52 Å². The number of carbonyl (C=O) groups is 1. The summed E-state index contributed by atoms with van der Waals surface area (Å²) in [5.74, 6) is 0.217. The summed E-state index contributed by atoms with van der Waals surface area (Å²) in [4.78, 5) is 24.9. The van der Waals surface area contributed by atoms with Crippen molar-refractivity contribution in [3.05, 3.63) is 41.9 Å². The first-order valence-electron chi connectivity index (χ1n) is 10.8. The van der Waals surface area contributed by atoms with Crippen LogP contribution in [0, 0.1) is 0 Å². The lowest BCUT2D eigenvalue weighted by molar-refractivity contribution is -0.124. The van der Waals surface area contributed by atoms with Crippen LogP contribution >= 0.6 is 19.1 Å². The van der Waals surface area contributed by atoms with Gasteiger partial charge in [-0.3, -0.25) is 9.36 Å². The molecule has 0 saturated carbocycles. The minimum absolute atomic E-state index is 0.0192. The molecule has 0 radical (unpaired) electrons. The molecule has 0 spiro atoms. The van der Waals surface area contributed by atoms with E-state index >= 15 is 0 Å². The van der Waals surface area contributed by atoms with E-state index in [-0.39, 0.29) is 37.3 Å². The van der Waals surface area contributed by atoms with Crippen molar-refractivity contribution in [3.8, 4) is 5.75 Å². The van der Waals surface area contributed by atoms with Crippen molar-refractivity contribution in [2.75, 3.05) is 32.4 Å². The Morgan fingerprint density at radius 3 is 2.66 bits per heavy atom. The molecule has 0 saturated heterocycles. The molecule has 0 aliphatic heterocycles. The van der Waals surface area contributed by atoms with E-state index in [2.05, 4.69) is 25.4 Å². The maximum absolute atomic E-state index is 13.8. The highest BCUT2D eigenvalue weighted by atomic mass is 35.5. The third-order valence-electron chi connectivity index (χ3n) is 4.67. The number of benzene rings is 1. The van der Waals surface area contributed by atoms with Gasteiger partial charge in [0.1, 0.15) is 30.0 Å². The molecule has 1 amide bonds. The predicted octanol–water partition coefficient (Wildman–Crippen LogP) is 2.44. The fourth-order valence-electron chi connectivity index (χ4n) is 3.13. The van der Waals surface area contributed by atoms with Crippen LogP contribution in [0.1, 0.15) is 13.8 Å². The zero-order valence-corrected chi connectivity index (χ0v) is 21.3. The van der Waals surface area contributed by atoms with Crippen LogP contribution in [-0.2, 0) is 25.4 Å². The van der Waals surface area contributed by atoms with E-state index in [4.69, 9.17) is 31.3 Å². The third-order valence-corrected chi connectivity index (χ3v) is 6.65. The van der Waals surface area contributed by atoms with Gasteiger partial charge in [0.2, 0.25) is 5.91 Å². The van der Waals surface area contributed by atoms with Crippen LogP contribution in [0.4, 0.5) is 5.82 Å². The molecular weight excluding hydrogens is 497 g/mol. The number of nitrogen functional groups attached to an aromatic ring is 1. The van der Waals surface area contributed by atoms with Crippen LogP contribution in [0.3, 0.4) is 0 Å². The Bertz CT molecular complexity index is 1170. The van der Waals surface area contributed by atoms with Crippen molar-refractivity contribution in [3.63, 3.8) is 0 Å². The molecule has 1 aromatic carbocycles. The van der Waals surface area contributed by atoms with E-state index in [1.165, 1.54) is 13.4 Å². The minimum atomic E-state index is -3.73. The molecule has 14 heteroatoms. The summed E-state index contributed by atoms with van der Waals surface area (Å²) in [6.07, 6.45) is 2.62. The van der Waals surface area contributed by atoms with Gasteiger partial charge in [-0.05, 0) is 38.1 Å². The zero-order chi connectivity index (χ0) is 25.4. The Morgan fingerprint density at radius 1 is 1.23 bits per heavy atom. The van der Waals surface area contributed by atoms with Crippen LogP contribution in [0.25, 0.3) is 11.2 Å².